The molecule has 1 amide bonds. The summed E-state index contributed by atoms with van der Waals surface area (Å²) in [5, 5.41) is 0.685. The van der Waals surface area contributed by atoms with Gasteiger partial charge in [0.1, 0.15) is 11.4 Å². The van der Waals surface area contributed by atoms with Crippen molar-refractivity contribution in [1.29, 1.82) is 0 Å². The zero-order chi connectivity index (χ0) is 23.5. The second kappa shape index (κ2) is 10.8. The van der Waals surface area contributed by atoms with E-state index in [4.69, 9.17) is 16.3 Å². The highest BCUT2D eigenvalue weighted by molar-refractivity contribution is 7.99. The van der Waals surface area contributed by atoms with Crippen molar-refractivity contribution in [1.82, 2.24) is 9.80 Å². The van der Waals surface area contributed by atoms with E-state index in [9.17, 15) is 9.59 Å². The van der Waals surface area contributed by atoms with E-state index < -0.39 is 5.60 Å². The molecule has 3 rings (SSSR count). The van der Waals surface area contributed by atoms with Gasteiger partial charge in [-0.1, -0.05) is 11.6 Å². The summed E-state index contributed by atoms with van der Waals surface area (Å²) in [6.07, 6.45) is 2.05. The standard InChI is InChI=1S/C25H37ClN2O3S/c1-17-14-27(7-8-28(17)24(30)31-25(3,4)5)15-21-12-22(26)11-20(18(21)2)13-23(29)10-19-6-9-32-16-19/h11-12,17,19H,6-10,13-16H2,1-5H3/t17-,19?/m0/s1. The van der Waals surface area contributed by atoms with Gasteiger partial charge >= 0.3 is 6.09 Å². The van der Waals surface area contributed by atoms with E-state index in [1.54, 1.807) is 0 Å². The molecule has 1 aromatic carbocycles. The average molecular weight is 481 g/mol. The molecule has 0 saturated carbocycles. The lowest BCUT2D eigenvalue weighted by atomic mass is 9.94. The first-order valence-electron chi connectivity index (χ1n) is 11.6. The summed E-state index contributed by atoms with van der Waals surface area (Å²) in [5.41, 5.74) is 2.88. The Morgan fingerprint density at radius 3 is 2.56 bits per heavy atom. The summed E-state index contributed by atoms with van der Waals surface area (Å²) in [4.78, 5) is 29.3. The van der Waals surface area contributed by atoms with Crippen LogP contribution in [0.5, 0.6) is 0 Å². The van der Waals surface area contributed by atoms with Crippen LogP contribution in [0.2, 0.25) is 5.02 Å². The molecule has 0 N–H and O–H groups in total. The van der Waals surface area contributed by atoms with Gasteiger partial charge < -0.3 is 9.64 Å². The Bertz CT molecular complexity index is 833. The number of hydrogen-bond donors (Lipinski definition) is 0. The molecule has 5 nitrogen and oxygen atoms in total. The van der Waals surface area contributed by atoms with Crippen LogP contribution in [0, 0.1) is 12.8 Å². The van der Waals surface area contributed by atoms with E-state index in [1.807, 2.05) is 49.6 Å². The van der Waals surface area contributed by atoms with Crippen molar-refractivity contribution in [2.75, 3.05) is 31.1 Å². The lowest BCUT2D eigenvalue weighted by Crippen LogP contribution is -2.54. The van der Waals surface area contributed by atoms with Gasteiger partial charge in [-0.25, -0.2) is 4.79 Å². The van der Waals surface area contributed by atoms with Gasteiger partial charge in [-0.2, -0.15) is 11.8 Å². The lowest BCUT2D eigenvalue weighted by Gasteiger charge is -2.40. The molecule has 2 atom stereocenters. The molecule has 0 aromatic heterocycles. The van der Waals surface area contributed by atoms with Crippen LogP contribution in [-0.4, -0.2) is 64.5 Å². The maximum Gasteiger partial charge on any atom is 0.410 e. The number of ether oxygens (including phenoxy) is 1. The van der Waals surface area contributed by atoms with Crippen LogP contribution in [0.4, 0.5) is 4.79 Å². The molecule has 32 heavy (non-hydrogen) atoms. The maximum atomic E-state index is 12.7. The van der Waals surface area contributed by atoms with Crippen LogP contribution in [-0.2, 0) is 22.5 Å². The van der Waals surface area contributed by atoms with E-state index in [1.165, 1.54) is 5.75 Å². The number of ketones is 1. The van der Waals surface area contributed by atoms with E-state index in [0.29, 0.717) is 36.1 Å². The summed E-state index contributed by atoms with van der Waals surface area (Å²) in [7, 11) is 0. The monoisotopic (exact) mass is 480 g/mol. The Labute approximate surface area is 202 Å². The highest BCUT2D eigenvalue weighted by Gasteiger charge is 2.31. The third-order valence-electron chi connectivity index (χ3n) is 6.25. The average Bonchev–Trinajstić information content (AvgIpc) is 3.17. The number of thioether (sulfide) groups is 1. The third kappa shape index (κ3) is 7.13. The van der Waals surface area contributed by atoms with E-state index in [0.717, 1.165) is 48.5 Å². The molecule has 2 saturated heterocycles. The fourth-order valence-electron chi connectivity index (χ4n) is 4.51. The van der Waals surface area contributed by atoms with Crippen LogP contribution >= 0.6 is 23.4 Å². The minimum absolute atomic E-state index is 0.0726. The summed E-state index contributed by atoms with van der Waals surface area (Å²) in [6.45, 7) is 12.8. The number of hydrogen-bond acceptors (Lipinski definition) is 5. The molecular weight excluding hydrogens is 444 g/mol. The van der Waals surface area contributed by atoms with Gasteiger partial charge in [-0.15, -0.1) is 0 Å². The largest absolute Gasteiger partial charge is 0.444 e. The van der Waals surface area contributed by atoms with Crippen molar-refractivity contribution >= 4 is 35.2 Å². The minimum atomic E-state index is -0.490. The lowest BCUT2D eigenvalue weighted by molar-refractivity contribution is -0.119. The molecule has 0 aliphatic carbocycles. The number of carbonyl (C=O) groups is 2. The van der Waals surface area contributed by atoms with Gasteiger partial charge in [-0.3, -0.25) is 9.69 Å². The first kappa shape index (κ1) is 25.4. The normalized spacial score (nSPS) is 22.2. The predicted octanol–water partition coefficient (Wildman–Crippen LogP) is 5.34. The molecule has 0 radical (unpaired) electrons. The number of amides is 1. The van der Waals surface area contributed by atoms with Crippen molar-refractivity contribution in [2.45, 2.75) is 72.1 Å². The Balaban J connectivity index is 1.61. The zero-order valence-electron chi connectivity index (χ0n) is 20.1. The molecule has 2 heterocycles. The number of nitrogens with zero attached hydrogens (tertiary/aromatic N) is 2. The maximum absolute atomic E-state index is 12.7. The van der Waals surface area contributed by atoms with Crippen LogP contribution < -0.4 is 0 Å². The van der Waals surface area contributed by atoms with Gasteiger partial charge in [0.15, 0.2) is 0 Å². The molecule has 2 fully saturated rings. The summed E-state index contributed by atoms with van der Waals surface area (Å²) in [5.74, 6) is 3.14. The summed E-state index contributed by atoms with van der Waals surface area (Å²) < 4.78 is 5.55. The molecule has 2 aliphatic heterocycles. The van der Waals surface area contributed by atoms with Crippen molar-refractivity contribution in [2.24, 2.45) is 5.92 Å². The number of carbonyl (C=O) groups excluding carboxylic acids is 2. The second-order valence-electron chi connectivity index (χ2n) is 10.3. The van der Waals surface area contributed by atoms with Gasteiger partial charge in [0.05, 0.1) is 0 Å². The Morgan fingerprint density at radius 2 is 1.94 bits per heavy atom. The number of piperazine rings is 1. The molecule has 1 aromatic rings. The van der Waals surface area contributed by atoms with Crippen LogP contribution in [0.15, 0.2) is 12.1 Å². The number of rotatable bonds is 6. The Morgan fingerprint density at radius 1 is 1.22 bits per heavy atom. The van der Waals surface area contributed by atoms with Crippen molar-refractivity contribution in [3.63, 3.8) is 0 Å². The van der Waals surface area contributed by atoms with Crippen LogP contribution in [0.25, 0.3) is 0 Å². The molecule has 0 spiro atoms. The number of benzene rings is 1. The summed E-state index contributed by atoms with van der Waals surface area (Å²) in [6, 6.07) is 4.04. The van der Waals surface area contributed by atoms with Crippen molar-refractivity contribution in [3.05, 3.63) is 33.8 Å². The van der Waals surface area contributed by atoms with Crippen molar-refractivity contribution < 1.29 is 14.3 Å². The number of Topliss-reactive ketones (excluding diaryl/α,β-unsaturated/α-hetero) is 1. The Kier molecular flexibility index (Phi) is 8.56. The topological polar surface area (TPSA) is 49.9 Å². The molecule has 7 heteroatoms. The van der Waals surface area contributed by atoms with E-state index in [-0.39, 0.29) is 12.1 Å². The quantitative estimate of drug-likeness (QED) is 0.549. The van der Waals surface area contributed by atoms with E-state index >= 15 is 0 Å². The Hall–Kier alpha value is -1.24. The minimum Gasteiger partial charge on any atom is -0.444 e. The smallest absolute Gasteiger partial charge is 0.410 e. The first-order chi connectivity index (χ1) is 15.0. The zero-order valence-corrected chi connectivity index (χ0v) is 21.7. The molecule has 178 valence electrons. The molecule has 2 aliphatic rings. The third-order valence-corrected chi connectivity index (χ3v) is 7.70. The second-order valence-corrected chi connectivity index (χ2v) is 11.8. The van der Waals surface area contributed by atoms with Crippen LogP contribution in [0.3, 0.4) is 0 Å². The van der Waals surface area contributed by atoms with Gasteiger partial charge in [0, 0.05) is 50.1 Å². The SMILES string of the molecule is Cc1c(CC(=O)CC2CCSC2)cc(Cl)cc1CN1CCN(C(=O)OC(C)(C)C)[C@@H](C)C1. The van der Waals surface area contributed by atoms with Gasteiger partial charge in [0.2, 0.25) is 0 Å². The van der Waals surface area contributed by atoms with Crippen molar-refractivity contribution in [3.8, 4) is 0 Å². The first-order valence-corrected chi connectivity index (χ1v) is 13.1. The molecule has 1 unspecified atom stereocenters. The fourth-order valence-corrected chi connectivity index (χ4v) is 6.05. The highest BCUT2D eigenvalue weighted by atomic mass is 35.5. The highest BCUT2D eigenvalue weighted by Crippen LogP contribution is 2.28. The molecule has 0 bridgehead atoms. The fraction of sp³-hybridized carbons (Fsp3) is 0.680. The number of halogens is 1. The molecular formula is C25H37ClN2O3S. The van der Waals surface area contributed by atoms with Crippen LogP contribution in [0.1, 0.15) is 57.2 Å². The van der Waals surface area contributed by atoms with E-state index in [2.05, 4.69) is 18.7 Å². The summed E-state index contributed by atoms with van der Waals surface area (Å²) >= 11 is 8.40. The van der Waals surface area contributed by atoms with Gasteiger partial charge in [0.25, 0.3) is 0 Å². The predicted molar refractivity (Wildman–Crippen MR) is 133 cm³/mol. The van der Waals surface area contributed by atoms with Gasteiger partial charge in [-0.05, 0) is 87.3 Å².